The minimum atomic E-state index is 0.655. The molecule has 0 bridgehead atoms. The van der Waals surface area contributed by atoms with Crippen LogP contribution in [0, 0.1) is 13.8 Å². The maximum Gasteiger partial charge on any atom is 0.138 e. The van der Waals surface area contributed by atoms with E-state index in [1.807, 2.05) is 32.9 Å². The minimum absolute atomic E-state index is 0.655. The van der Waals surface area contributed by atoms with Crippen LogP contribution in [-0.2, 0) is 0 Å². The second-order valence-corrected chi connectivity index (χ2v) is 3.13. The summed E-state index contributed by atoms with van der Waals surface area (Å²) >= 11 is 6.05. The van der Waals surface area contributed by atoms with E-state index in [0.717, 1.165) is 16.3 Å². The smallest absolute Gasteiger partial charge is 0.138 e. The Morgan fingerprint density at radius 3 is 2.58 bits per heavy atom. The zero-order valence-electron chi connectivity index (χ0n) is 7.65. The first-order valence-electron chi connectivity index (χ1n) is 4.05. The molecule has 0 saturated heterocycles. The molecule has 0 aliphatic carbocycles. The van der Waals surface area contributed by atoms with Crippen LogP contribution in [-0.4, -0.2) is 6.61 Å². The molecule has 0 heterocycles. The van der Waals surface area contributed by atoms with Crippen LogP contribution in [0.5, 0.6) is 5.75 Å². The summed E-state index contributed by atoms with van der Waals surface area (Å²) in [6.07, 6.45) is 0. The van der Waals surface area contributed by atoms with Crippen molar-refractivity contribution in [3.63, 3.8) is 0 Å². The first-order valence-corrected chi connectivity index (χ1v) is 4.43. The lowest BCUT2D eigenvalue weighted by Crippen LogP contribution is -1.94. The van der Waals surface area contributed by atoms with Crippen molar-refractivity contribution in [2.75, 3.05) is 6.61 Å². The van der Waals surface area contributed by atoms with E-state index < -0.39 is 0 Å². The summed E-state index contributed by atoms with van der Waals surface area (Å²) in [6.45, 7) is 6.64. The first-order chi connectivity index (χ1) is 5.66. The zero-order chi connectivity index (χ0) is 9.14. The van der Waals surface area contributed by atoms with Crippen LogP contribution in [0.15, 0.2) is 12.1 Å². The number of aryl methyl sites for hydroxylation is 1. The average molecular weight is 185 g/mol. The van der Waals surface area contributed by atoms with Gasteiger partial charge in [0, 0.05) is 0 Å². The van der Waals surface area contributed by atoms with E-state index in [0.29, 0.717) is 6.61 Å². The maximum atomic E-state index is 6.05. The highest BCUT2D eigenvalue weighted by molar-refractivity contribution is 6.32. The van der Waals surface area contributed by atoms with E-state index in [1.165, 1.54) is 5.56 Å². The van der Waals surface area contributed by atoms with Crippen LogP contribution >= 0.6 is 11.6 Å². The summed E-state index contributed by atoms with van der Waals surface area (Å²) in [7, 11) is 0. The predicted octanol–water partition coefficient (Wildman–Crippen LogP) is 3.36. The van der Waals surface area contributed by atoms with Gasteiger partial charge in [0.15, 0.2) is 0 Å². The largest absolute Gasteiger partial charge is 0.492 e. The summed E-state index contributed by atoms with van der Waals surface area (Å²) in [4.78, 5) is 0. The lowest BCUT2D eigenvalue weighted by atomic mass is 10.1. The Hall–Kier alpha value is -0.690. The van der Waals surface area contributed by atoms with Gasteiger partial charge in [-0.25, -0.2) is 0 Å². The van der Waals surface area contributed by atoms with Crippen LogP contribution < -0.4 is 4.74 Å². The molecule has 66 valence electrons. The SMILES string of the molecule is CCOc1ccc(C)c(C)c1Cl. The fourth-order valence-corrected chi connectivity index (χ4v) is 1.29. The van der Waals surface area contributed by atoms with E-state index in [4.69, 9.17) is 16.3 Å². The Balaban J connectivity index is 3.08. The van der Waals surface area contributed by atoms with Gasteiger partial charge in [-0.3, -0.25) is 0 Å². The molecule has 1 rings (SSSR count). The molecule has 0 aliphatic rings. The van der Waals surface area contributed by atoms with Crippen molar-refractivity contribution >= 4 is 11.6 Å². The fourth-order valence-electron chi connectivity index (χ4n) is 1.02. The van der Waals surface area contributed by atoms with Gasteiger partial charge in [0.05, 0.1) is 11.6 Å². The molecule has 0 fully saturated rings. The number of hydrogen-bond donors (Lipinski definition) is 0. The van der Waals surface area contributed by atoms with Gasteiger partial charge in [-0.1, -0.05) is 17.7 Å². The summed E-state index contributed by atoms with van der Waals surface area (Å²) < 4.78 is 5.34. The lowest BCUT2D eigenvalue weighted by Gasteiger charge is -2.09. The Kier molecular flexibility index (Phi) is 2.99. The van der Waals surface area contributed by atoms with Crippen LogP contribution in [0.1, 0.15) is 18.1 Å². The molecule has 0 saturated carbocycles. The molecule has 0 N–H and O–H groups in total. The van der Waals surface area contributed by atoms with Gasteiger partial charge in [-0.2, -0.15) is 0 Å². The molecule has 0 aliphatic heterocycles. The quantitative estimate of drug-likeness (QED) is 0.685. The van der Waals surface area contributed by atoms with Crippen LogP contribution in [0.2, 0.25) is 5.02 Å². The third kappa shape index (κ3) is 1.72. The van der Waals surface area contributed by atoms with Crippen LogP contribution in [0.3, 0.4) is 0 Å². The molecule has 2 heteroatoms. The standard InChI is InChI=1S/C10H13ClO/c1-4-12-9-6-5-7(2)8(3)10(9)11/h5-6H,4H2,1-3H3. The van der Waals surface area contributed by atoms with Gasteiger partial charge < -0.3 is 4.74 Å². The molecule has 0 amide bonds. The molecule has 1 aromatic carbocycles. The Morgan fingerprint density at radius 2 is 2.00 bits per heavy atom. The normalized spacial score (nSPS) is 10.0. The van der Waals surface area contributed by atoms with Crippen LogP contribution in [0.4, 0.5) is 0 Å². The van der Waals surface area contributed by atoms with Gasteiger partial charge >= 0.3 is 0 Å². The van der Waals surface area contributed by atoms with Crippen molar-refractivity contribution in [2.45, 2.75) is 20.8 Å². The predicted molar refractivity (Wildman–Crippen MR) is 52.1 cm³/mol. The molecule has 0 aromatic heterocycles. The van der Waals surface area contributed by atoms with Crippen LogP contribution in [0.25, 0.3) is 0 Å². The van der Waals surface area contributed by atoms with Crippen molar-refractivity contribution in [2.24, 2.45) is 0 Å². The molecule has 0 unspecified atom stereocenters. The van der Waals surface area contributed by atoms with Crippen molar-refractivity contribution < 1.29 is 4.74 Å². The third-order valence-corrected chi connectivity index (χ3v) is 2.39. The van der Waals surface area contributed by atoms with Crippen molar-refractivity contribution in [3.05, 3.63) is 28.3 Å². The van der Waals surface area contributed by atoms with E-state index in [2.05, 4.69) is 0 Å². The van der Waals surface area contributed by atoms with E-state index in [9.17, 15) is 0 Å². The maximum absolute atomic E-state index is 6.05. The van der Waals surface area contributed by atoms with E-state index in [-0.39, 0.29) is 0 Å². The summed E-state index contributed by atoms with van der Waals surface area (Å²) in [5, 5.41) is 0.733. The second kappa shape index (κ2) is 3.81. The number of hydrogen-bond acceptors (Lipinski definition) is 1. The highest BCUT2D eigenvalue weighted by Crippen LogP contribution is 2.29. The molecule has 12 heavy (non-hydrogen) atoms. The summed E-state index contributed by atoms with van der Waals surface area (Å²) in [5.41, 5.74) is 2.30. The third-order valence-electron chi connectivity index (χ3n) is 1.92. The Bertz CT molecular complexity index is 281. The molecule has 1 nitrogen and oxygen atoms in total. The number of rotatable bonds is 2. The average Bonchev–Trinajstić information content (AvgIpc) is 2.07. The number of benzene rings is 1. The highest BCUT2D eigenvalue weighted by atomic mass is 35.5. The van der Waals surface area contributed by atoms with Gasteiger partial charge in [-0.05, 0) is 38.0 Å². The topological polar surface area (TPSA) is 9.23 Å². The van der Waals surface area contributed by atoms with Crippen molar-refractivity contribution in [3.8, 4) is 5.75 Å². The van der Waals surface area contributed by atoms with Gasteiger partial charge in [0.2, 0.25) is 0 Å². The number of halogens is 1. The molecule has 0 atom stereocenters. The zero-order valence-corrected chi connectivity index (χ0v) is 8.40. The van der Waals surface area contributed by atoms with E-state index in [1.54, 1.807) is 0 Å². The second-order valence-electron chi connectivity index (χ2n) is 2.75. The van der Waals surface area contributed by atoms with E-state index >= 15 is 0 Å². The molecule has 1 aromatic rings. The van der Waals surface area contributed by atoms with Gasteiger partial charge in [0.1, 0.15) is 5.75 Å². The minimum Gasteiger partial charge on any atom is -0.492 e. The molecule has 0 spiro atoms. The fraction of sp³-hybridized carbons (Fsp3) is 0.400. The summed E-state index contributed by atoms with van der Waals surface area (Å²) in [6, 6.07) is 3.93. The van der Waals surface area contributed by atoms with Gasteiger partial charge in [-0.15, -0.1) is 0 Å². The monoisotopic (exact) mass is 184 g/mol. The number of ether oxygens (including phenoxy) is 1. The molecular weight excluding hydrogens is 172 g/mol. The first kappa shape index (κ1) is 9.40. The summed E-state index contributed by atoms with van der Waals surface area (Å²) in [5.74, 6) is 0.780. The highest BCUT2D eigenvalue weighted by Gasteiger charge is 2.05. The Labute approximate surface area is 78.3 Å². The Morgan fingerprint density at radius 1 is 1.33 bits per heavy atom. The van der Waals surface area contributed by atoms with Crippen molar-refractivity contribution in [1.29, 1.82) is 0 Å². The van der Waals surface area contributed by atoms with Gasteiger partial charge in [0.25, 0.3) is 0 Å². The molecular formula is C10H13ClO. The van der Waals surface area contributed by atoms with Crippen molar-refractivity contribution in [1.82, 2.24) is 0 Å². The lowest BCUT2D eigenvalue weighted by molar-refractivity contribution is 0.340. The molecule has 0 radical (unpaired) electrons.